The van der Waals surface area contributed by atoms with Crippen LogP contribution in [0.25, 0.3) is 0 Å². The van der Waals surface area contributed by atoms with Crippen molar-refractivity contribution < 1.29 is 32.2 Å². The van der Waals surface area contributed by atoms with Gasteiger partial charge in [0.05, 0.1) is 18.6 Å². The van der Waals surface area contributed by atoms with E-state index in [-0.39, 0.29) is 24.2 Å². The molecule has 1 saturated carbocycles. The normalized spacial score (nSPS) is 16.1. The molecule has 2 aliphatic rings. The largest absolute Gasteiger partial charge is 0.497 e. The van der Waals surface area contributed by atoms with Gasteiger partial charge in [0.1, 0.15) is 31.5 Å². The van der Waals surface area contributed by atoms with Gasteiger partial charge in [-0.25, -0.2) is 8.42 Å². The smallest absolute Gasteiger partial charge is 0.244 e. The number of fused-ring (bicyclic) bond motifs is 1. The standard InChI is InChI=1S/C29H39N3O7S/c1-4-40(35,36)32(24-13-14-26-27(18-24)39-16-15-38-26)20-28(33)31(19-22-9-8-12-25(17-22)37-3)21(2)29(34)30-23-10-6-5-7-11-23/h8-9,12-14,17-18,21,23H,4-7,10-11,15-16,19-20H2,1-3H3,(H,30,34)/t21-/m1/s1. The first-order chi connectivity index (χ1) is 19.2. The van der Waals surface area contributed by atoms with E-state index in [2.05, 4.69) is 5.32 Å². The zero-order chi connectivity index (χ0) is 28.7. The fourth-order valence-corrected chi connectivity index (χ4v) is 6.08. The van der Waals surface area contributed by atoms with E-state index in [1.807, 2.05) is 12.1 Å². The molecule has 10 nitrogen and oxygen atoms in total. The molecule has 0 spiro atoms. The third kappa shape index (κ3) is 7.18. The van der Waals surface area contributed by atoms with Crippen LogP contribution in [0.1, 0.15) is 51.5 Å². The Hall–Kier alpha value is -3.47. The molecule has 2 amide bonds. The lowest BCUT2D eigenvalue weighted by Gasteiger charge is -2.33. The van der Waals surface area contributed by atoms with Gasteiger partial charge >= 0.3 is 0 Å². The quantitative estimate of drug-likeness (QED) is 0.438. The zero-order valence-corrected chi connectivity index (χ0v) is 24.2. The maximum Gasteiger partial charge on any atom is 0.244 e. The molecule has 1 aliphatic carbocycles. The minimum atomic E-state index is -3.85. The predicted molar refractivity (Wildman–Crippen MR) is 152 cm³/mol. The highest BCUT2D eigenvalue weighted by Gasteiger charge is 2.32. The van der Waals surface area contributed by atoms with Crippen LogP contribution in [0.4, 0.5) is 5.69 Å². The highest BCUT2D eigenvalue weighted by molar-refractivity contribution is 7.92. The van der Waals surface area contributed by atoms with Gasteiger partial charge in [-0.05, 0) is 56.5 Å². The number of ether oxygens (including phenoxy) is 3. The number of hydrogen-bond donors (Lipinski definition) is 1. The Kier molecular flexibility index (Phi) is 9.78. The average molecular weight is 574 g/mol. The zero-order valence-electron chi connectivity index (χ0n) is 23.4. The molecule has 0 bridgehead atoms. The number of nitrogens with zero attached hydrogens (tertiary/aromatic N) is 2. The lowest BCUT2D eigenvalue weighted by Crippen LogP contribution is -2.53. The van der Waals surface area contributed by atoms with Crippen molar-refractivity contribution in [3.8, 4) is 17.2 Å². The van der Waals surface area contributed by atoms with Crippen LogP contribution in [-0.4, -0.2) is 69.8 Å². The summed E-state index contributed by atoms with van der Waals surface area (Å²) in [5.74, 6) is 0.593. The topological polar surface area (TPSA) is 114 Å². The van der Waals surface area contributed by atoms with Crippen molar-refractivity contribution in [2.75, 3.05) is 36.9 Å². The number of anilines is 1. The number of benzene rings is 2. The van der Waals surface area contributed by atoms with Crippen LogP contribution in [-0.2, 0) is 26.2 Å². The summed E-state index contributed by atoms with van der Waals surface area (Å²) in [5, 5.41) is 3.10. The highest BCUT2D eigenvalue weighted by Crippen LogP contribution is 2.35. The Labute approximate surface area is 236 Å². The summed E-state index contributed by atoms with van der Waals surface area (Å²) in [5.41, 5.74) is 1.05. The summed E-state index contributed by atoms with van der Waals surface area (Å²) in [6.07, 6.45) is 5.10. The van der Waals surface area contributed by atoms with Crippen LogP contribution in [0.5, 0.6) is 17.2 Å². The number of methoxy groups -OCH3 is 1. The van der Waals surface area contributed by atoms with Gasteiger partial charge in [0.15, 0.2) is 11.5 Å². The molecule has 1 heterocycles. The molecule has 2 aromatic carbocycles. The van der Waals surface area contributed by atoms with Gasteiger partial charge in [0.2, 0.25) is 21.8 Å². The number of carbonyl (C=O) groups excluding carboxylic acids is 2. The van der Waals surface area contributed by atoms with E-state index in [9.17, 15) is 18.0 Å². The number of nitrogens with one attached hydrogen (secondary N) is 1. The first-order valence-electron chi connectivity index (χ1n) is 13.8. The van der Waals surface area contributed by atoms with Crippen LogP contribution < -0.4 is 23.8 Å². The average Bonchev–Trinajstić information content (AvgIpc) is 2.98. The highest BCUT2D eigenvalue weighted by atomic mass is 32.2. The van der Waals surface area contributed by atoms with E-state index >= 15 is 0 Å². The van der Waals surface area contributed by atoms with Crippen LogP contribution in [0.3, 0.4) is 0 Å². The second kappa shape index (κ2) is 13.3. The van der Waals surface area contributed by atoms with Crippen LogP contribution >= 0.6 is 0 Å². The maximum absolute atomic E-state index is 13.9. The van der Waals surface area contributed by atoms with Crippen molar-refractivity contribution in [2.45, 2.75) is 64.6 Å². The number of hydrogen-bond acceptors (Lipinski definition) is 7. The fourth-order valence-electron chi connectivity index (χ4n) is 5.03. The van der Waals surface area contributed by atoms with Crippen LogP contribution in [0.15, 0.2) is 42.5 Å². The SMILES string of the molecule is CCS(=O)(=O)N(CC(=O)N(Cc1cccc(OC)c1)[C@H](C)C(=O)NC1CCCCC1)c1ccc2c(c1)OCCO2. The van der Waals surface area contributed by atoms with Gasteiger partial charge < -0.3 is 24.4 Å². The lowest BCUT2D eigenvalue weighted by atomic mass is 9.95. The molecular weight excluding hydrogens is 534 g/mol. The maximum atomic E-state index is 13.9. The van der Waals surface area contributed by atoms with E-state index in [1.54, 1.807) is 44.4 Å². The minimum absolute atomic E-state index is 0.0761. The van der Waals surface area contributed by atoms with E-state index in [0.717, 1.165) is 42.0 Å². The molecule has 40 heavy (non-hydrogen) atoms. The summed E-state index contributed by atoms with van der Waals surface area (Å²) in [6.45, 7) is 3.59. The Morgan fingerprint density at radius 3 is 2.48 bits per heavy atom. The summed E-state index contributed by atoms with van der Waals surface area (Å²) in [4.78, 5) is 28.7. The molecule has 1 atom stereocenters. The Morgan fingerprint density at radius 2 is 1.77 bits per heavy atom. The third-order valence-corrected chi connectivity index (χ3v) is 9.14. The Morgan fingerprint density at radius 1 is 1.05 bits per heavy atom. The number of sulfonamides is 1. The first kappa shape index (κ1) is 29.5. The molecule has 218 valence electrons. The van der Waals surface area contributed by atoms with Crippen molar-refractivity contribution in [1.29, 1.82) is 0 Å². The summed E-state index contributed by atoms with van der Waals surface area (Å²) in [6, 6.07) is 11.3. The monoisotopic (exact) mass is 573 g/mol. The second-order valence-corrected chi connectivity index (χ2v) is 12.3. The molecular formula is C29H39N3O7S. The van der Waals surface area contributed by atoms with E-state index in [0.29, 0.717) is 36.1 Å². The van der Waals surface area contributed by atoms with Gasteiger partial charge in [-0.2, -0.15) is 0 Å². The second-order valence-electron chi connectivity index (χ2n) is 10.1. The molecule has 1 aliphatic heterocycles. The first-order valence-corrected chi connectivity index (χ1v) is 15.5. The number of carbonyl (C=O) groups is 2. The van der Waals surface area contributed by atoms with Gasteiger partial charge in [0.25, 0.3) is 0 Å². The Bertz CT molecular complexity index is 1290. The molecule has 4 rings (SSSR count). The Balaban J connectivity index is 1.62. The van der Waals surface area contributed by atoms with E-state index < -0.39 is 28.5 Å². The van der Waals surface area contributed by atoms with Crippen molar-refractivity contribution in [1.82, 2.24) is 10.2 Å². The molecule has 0 saturated heterocycles. The van der Waals surface area contributed by atoms with Gasteiger partial charge in [-0.3, -0.25) is 13.9 Å². The van der Waals surface area contributed by atoms with E-state index in [1.165, 1.54) is 11.8 Å². The molecule has 0 radical (unpaired) electrons. The molecule has 0 aromatic heterocycles. The number of amides is 2. The third-order valence-electron chi connectivity index (χ3n) is 7.40. The van der Waals surface area contributed by atoms with Gasteiger partial charge in [0, 0.05) is 18.7 Å². The van der Waals surface area contributed by atoms with Crippen molar-refractivity contribution in [2.24, 2.45) is 0 Å². The molecule has 1 N–H and O–H groups in total. The molecule has 11 heteroatoms. The summed E-state index contributed by atoms with van der Waals surface area (Å²) in [7, 11) is -2.29. The van der Waals surface area contributed by atoms with Crippen molar-refractivity contribution in [3.63, 3.8) is 0 Å². The van der Waals surface area contributed by atoms with Gasteiger partial charge in [-0.1, -0.05) is 31.4 Å². The number of rotatable bonds is 11. The molecule has 0 unspecified atom stereocenters. The lowest BCUT2D eigenvalue weighted by molar-refractivity contribution is -0.139. The fraction of sp³-hybridized carbons (Fsp3) is 0.517. The summed E-state index contributed by atoms with van der Waals surface area (Å²) >= 11 is 0. The van der Waals surface area contributed by atoms with Crippen molar-refractivity contribution in [3.05, 3.63) is 48.0 Å². The minimum Gasteiger partial charge on any atom is -0.497 e. The van der Waals surface area contributed by atoms with E-state index in [4.69, 9.17) is 14.2 Å². The summed E-state index contributed by atoms with van der Waals surface area (Å²) < 4.78 is 44.1. The van der Waals surface area contributed by atoms with Crippen molar-refractivity contribution >= 4 is 27.5 Å². The van der Waals surface area contributed by atoms with Crippen LogP contribution in [0, 0.1) is 0 Å². The molecule has 2 aromatic rings. The van der Waals surface area contributed by atoms with Gasteiger partial charge in [-0.15, -0.1) is 0 Å². The van der Waals surface area contributed by atoms with Crippen LogP contribution in [0.2, 0.25) is 0 Å². The predicted octanol–water partition coefficient (Wildman–Crippen LogP) is 3.49. The molecule has 1 fully saturated rings.